The molecule has 1 saturated carbocycles. The zero-order chi connectivity index (χ0) is 17.2. The van der Waals surface area contributed by atoms with Gasteiger partial charge in [0.25, 0.3) is 0 Å². The van der Waals surface area contributed by atoms with Crippen LogP contribution in [0.25, 0.3) is 0 Å². The average Bonchev–Trinajstić information content (AvgIpc) is 2.60. The molecule has 0 unspecified atom stereocenters. The molecule has 1 aliphatic rings. The number of aliphatic carboxylic acids is 1. The highest BCUT2D eigenvalue weighted by molar-refractivity contribution is 5.75. The Morgan fingerprint density at radius 2 is 1.75 bits per heavy atom. The molecule has 1 amide bonds. The Morgan fingerprint density at radius 1 is 1.04 bits per heavy atom. The second-order valence-corrected chi connectivity index (χ2v) is 6.53. The monoisotopic (exact) mass is 332 g/mol. The molecule has 2 rings (SSSR count). The van der Waals surface area contributed by atoms with Crippen molar-refractivity contribution in [3.63, 3.8) is 0 Å². The van der Waals surface area contributed by atoms with Crippen LogP contribution in [0.5, 0.6) is 0 Å². The quantitative estimate of drug-likeness (QED) is 0.607. The molecule has 0 aliphatic heterocycles. The van der Waals surface area contributed by atoms with Crippen molar-refractivity contribution < 1.29 is 14.7 Å². The van der Waals surface area contributed by atoms with E-state index < -0.39 is 5.97 Å². The first kappa shape index (κ1) is 18.5. The van der Waals surface area contributed by atoms with Gasteiger partial charge in [-0.1, -0.05) is 30.3 Å². The second kappa shape index (κ2) is 10.1. The fourth-order valence-corrected chi connectivity index (χ4v) is 3.21. The largest absolute Gasteiger partial charge is 0.481 e. The molecule has 5 heteroatoms. The maximum atomic E-state index is 11.8. The molecule has 0 heterocycles. The Morgan fingerprint density at radius 3 is 2.42 bits per heavy atom. The zero-order valence-electron chi connectivity index (χ0n) is 14.2. The van der Waals surface area contributed by atoms with Crippen LogP contribution in [0.3, 0.4) is 0 Å². The van der Waals surface area contributed by atoms with Crippen LogP contribution in [0.2, 0.25) is 0 Å². The van der Waals surface area contributed by atoms with E-state index in [0.29, 0.717) is 19.0 Å². The van der Waals surface area contributed by atoms with Crippen molar-refractivity contribution in [3.05, 3.63) is 35.9 Å². The summed E-state index contributed by atoms with van der Waals surface area (Å²) in [6.45, 7) is 1.37. The van der Waals surface area contributed by atoms with Crippen molar-refractivity contribution in [3.8, 4) is 0 Å². The minimum atomic E-state index is -0.670. The Balaban J connectivity index is 1.48. The van der Waals surface area contributed by atoms with Crippen molar-refractivity contribution in [2.45, 2.75) is 51.0 Å². The van der Waals surface area contributed by atoms with Crippen molar-refractivity contribution in [2.24, 2.45) is 5.92 Å². The summed E-state index contributed by atoms with van der Waals surface area (Å²) in [5.74, 6) is -0.745. The highest BCUT2D eigenvalue weighted by Gasteiger charge is 2.25. The zero-order valence-corrected chi connectivity index (χ0v) is 14.2. The molecule has 3 N–H and O–H groups in total. The molecule has 0 radical (unpaired) electrons. The Kier molecular flexibility index (Phi) is 7.75. The molecule has 0 aromatic heterocycles. The summed E-state index contributed by atoms with van der Waals surface area (Å²) in [5, 5.41) is 15.3. The number of carboxylic acids is 1. The lowest BCUT2D eigenvalue weighted by molar-refractivity contribution is -0.142. The predicted octanol–water partition coefficient (Wildman–Crippen LogP) is 2.36. The van der Waals surface area contributed by atoms with Crippen LogP contribution in [-0.2, 0) is 16.0 Å². The lowest BCUT2D eigenvalue weighted by Gasteiger charge is -2.26. The van der Waals surface area contributed by atoms with Crippen molar-refractivity contribution in [2.75, 3.05) is 13.1 Å². The van der Waals surface area contributed by atoms with Crippen molar-refractivity contribution in [1.29, 1.82) is 0 Å². The van der Waals surface area contributed by atoms with E-state index in [9.17, 15) is 9.59 Å². The van der Waals surface area contributed by atoms with Crippen molar-refractivity contribution >= 4 is 11.9 Å². The first-order valence-electron chi connectivity index (χ1n) is 8.92. The third-order valence-electron chi connectivity index (χ3n) is 4.67. The fraction of sp³-hybridized carbons (Fsp3) is 0.579. The average molecular weight is 332 g/mol. The molecule has 1 aromatic rings. The van der Waals surface area contributed by atoms with Gasteiger partial charge in [-0.25, -0.2) is 0 Å². The van der Waals surface area contributed by atoms with Gasteiger partial charge in [-0.15, -0.1) is 0 Å². The second-order valence-electron chi connectivity index (χ2n) is 6.53. The molecular formula is C19H28N2O3. The lowest BCUT2D eigenvalue weighted by atomic mass is 9.86. The van der Waals surface area contributed by atoms with E-state index in [4.69, 9.17) is 5.11 Å². The highest BCUT2D eigenvalue weighted by atomic mass is 16.4. The summed E-state index contributed by atoms with van der Waals surface area (Å²) in [6, 6.07) is 10.6. The number of hydrogen-bond acceptors (Lipinski definition) is 3. The molecular weight excluding hydrogens is 304 g/mol. The van der Waals surface area contributed by atoms with Crippen LogP contribution < -0.4 is 10.6 Å². The standard InChI is InChI=1S/C19H28N2O3/c22-18(8-4-7-15-5-2-1-3-6-15)21-14-13-20-17-11-9-16(10-12-17)19(23)24/h1-3,5-6,16-17,20H,4,7-14H2,(H,21,22)(H,23,24). The molecule has 1 aromatic carbocycles. The van der Waals surface area contributed by atoms with Crippen LogP contribution in [0.1, 0.15) is 44.1 Å². The minimum absolute atomic E-state index is 0.0994. The first-order chi connectivity index (χ1) is 11.6. The Hall–Kier alpha value is -1.88. The number of hydrogen-bond donors (Lipinski definition) is 3. The minimum Gasteiger partial charge on any atom is -0.481 e. The van der Waals surface area contributed by atoms with E-state index >= 15 is 0 Å². The van der Waals surface area contributed by atoms with Gasteiger partial charge in [0, 0.05) is 25.6 Å². The number of carbonyl (C=O) groups is 2. The molecule has 1 aliphatic carbocycles. The molecule has 5 nitrogen and oxygen atoms in total. The van der Waals surface area contributed by atoms with Crippen LogP contribution in [-0.4, -0.2) is 36.1 Å². The first-order valence-corrected chi connectivity index (χ1v) is 8.92. The number of amides is 1. The summed E-state index contributed by atoms with van der Waals surface area (Å²) in [6.07, 6.45) is 5.65. The number of aryl methyl sites for hydroxylation is 1. The normalized spacial score (nSPS) is 20.5. The molecule has 132 valence electrons. The van der Waals surface area contributed by atoms with E-state index in [1.165, 1.54) is 5.56 Å². The Bertz CT molecular complexity index is 511. The smallest absolute Gasteiger partial charge is 0.306 e. The Labute approximate surface area is 143 Å². The SMILES string of the molecule is O=C(CCCc1ccccc1)NCCNC1CCC(C(=O)O)CC1. The van der Waals surface area contributed by atoms with E-state index in [0.717, 1.165) is 45.1 Å². The summed E-state index contributed by atoms with van der Waals surface area (Å²) >= 11 is 0. The maximum absolute atomic E-state index is 11.8. The predicted molar refractivity (Wildman–Crippen MR) is 93.8 cm³/mol. The molecule has 1 fully saturated rings. The van der Waals surface area contributed by atoms with Gasteiger partial charge in [0.2, 0.25) is 5.91 Å². The number of benzene rings is 1. The molecule has 0 atom stereocenters. The molecule has 0 saturated heterocycles. The number of carbonyl (C=O) groups excluding carboxylic acids is 1. The summed E-state index contributed by atoms with van der Waals surface area (Å²) < 4.78 is 0. The molecule has 0 bridgehead atoms. The third-order valence-corrected chi connectivity index (χ3v) is 4.67. The topological polar surface area (TPSA) is 78.4 Å². The van der Waals surface area contributed by atoms with Gasteiger partial charge < -0.3 is 15.7 Å². The fourth-order valence-electron chi connectivity index (χ4n) is 3.21. The molecule has 0 spiro atoms. The van der Waals surface area contributed by atoms with E-state index in [1.54, 1.807) is 0 Å². The van der Waals surface area contributed by atoms with Gasteiger partial charge >= 0.3 is 5.97 Å². The van der Waals surface area contributed by atoms with Crippen LogP contribution in [0.4, 0.5) is 0 Å². The summed E-state index contributed by atoms with van der Waals surface area (Å²) in [5.41, 5.74) is 1.27. The van der Waals surface area contributed by atoms with Gasteiger partial charge in [0.15, 0.2) is 0 Å². The van der Waals surface area contributed by atoms with Gasteiger partial charge in [0.1, 0.15) is 0 Å². The highest BCUT2D eigenvalue weighted by Crippen LogP contribution is 2.24. The van der Waals surface area contributed by atoms with E-state index in [-0.39, 0.29) is 11.8 Å². The van der Waals surface area contributed by atoms with Crippen LogP contribution >= 0.6 is 0 Å². The molecule has 24 heavy (non-hydrogen) atoms. The number of nitrogens with one attached hydrogen (secondary N) is 2. The number of carboxylic acid groups (broad SMARTS) is 1. The lowest BCUT2D eigenvalue weighted by Crippen LogP contribution is -2.39. The summed E-state index contributed by atoms with van der Waals surface area (Å²) in [4.78, 5) is 22.7. The third kappa shape index (κ3) is 6.71. The number of rotatable bonds is 9. The van der Waals surface area contributed by atoms with Crippen LogP contribution in [0.15, 0.2) is 30.3 Å². The van der Waals surface area contributed by atoms with E-state index in [2.05, 4.69) is 22.8 Å². The maximum Gasteiger partial charge on any atom is 0.306 e. The van der Waals surface area contributed by atoms with E-state index in [1.807, 2.05) is 18.2 Å². The summed E-state index contributed by atoms with van der Waals surface area (Å²) in [7, 11) is 0. The van der Waals surface area contributed by atoms with Crippen molar-refractivity contribution in [1.82, 2.24) is 10.6 Å². The van der Waals surface area contributed by atoms with Gasteiger partial charge in [-0.3, -0.25) is 9.59 Å². The van der Waals surface area contributed by atoms with Crippen LogP contribution in [0, 0.1) is 5.92 Å². The van der Waals surface area contributed by atoms with Gasteiger partial charge in [-0.2, -0.15) is 0 Å². The van der Waals surface area contributed by atoms with Gasteiger partial charge in [0.05, 0.1) is 5.92 Å². The van der Waals surface area contributed by atoms with Gasteiger partial charge in [-0.05, 0) is 44.1 Å².